The molecule has 0 fully saturated rings. The van der Waals surface area contributed by atoms with Crippen molar-refractivity contribution in [3.8, 4) is 11.5 Å². The topological polar surface area (TPSA) is 38.8 Å². The van der Waals surface area contributed by atoms with Gasteiger partial charge in [-0.05, 0) is 56.0 Å². The highest BCUT2D eigenvalue weighted by atomic mass is 16.5. The summed E-state index contributed by atoms with van der Waals surface area (Å²) in [7, 11) is 3.26. The predicted octanol–water partition coefficient (Wildman–Crippen LogP) is 4.27. The van der Waals surface area contributed by atoms with Crippen LogP contribution in [-0.2, 0) is 16.6 Å². The molecule has 138 valence electrons. The molecule has 0 saturated heterocycles. The van der Waals surface area contributed by atoms with Gasteiger partial charge in [-0.3, -0.25) is 4.79 Å². The van der Waals surface area contributed by atoms with Crippen LogP contribution < -0.4 is 14.4 Å². The van der Waals surface area contributed by atoms with Gasteiger partial charge in [-0.25, -0.2) is 0 Å². The molecule has 4 heteroatoms. The molecule has 0 aromatic heterocycles. The zero-order valence-corrected chi connectivity index (χ0v) is 16.3. The summed E-state index contributed by atoms with van der Waals surface area (Å²) >= 11 is 0. The summed E-state index contributed by atoms with van der Waals surface area (Å²) in [5.41, 5.74) is 3.82. The summed E-state index contributed by atoms with van der Waals surface area (Å²) in [5.74, 6) is 1.56. The van der Waals surface area contributed by atoms with Gasteiger partial charge in [0.25, 0.3) is 0 Å². The maximum Gasteiger partial charge on any atom is 0.237 e. The largest absolute Gasteiger partial charge is 0.493 e. The van der Waals surface area contributed by atoms with E-state index in [1.807, 2.05) is 23.1 Å². The number of ether oxygens (including phenoxy) is 2. The second-order valence-corrected chi connectivity index (χ2v) is 7.18. The van der Waals surface area contributed by atoms with Gasteiger partial charge in [0.1, 0.15) is 0 Å². The summed E-state index contributed by atoms with van der Waals surface area (Å²) in [6.45, 7) is 6.98. The second kappa shape index (κ2) is 7.02. The first-order valence-corrected chi connectivity index (χ1v) is 9.08. The summed E-state index contributed by atoms with van der Waals surface area (Å²) in [6, 6.07) is 12.2. The van der Waals surface area contributed by atoms with Crippen LogP contribution in [0.1, 0.15) is 37.0 Å². The van der Waals surface area contributed by atoms with Crippen molar-refractivity contribution in [3.05, 3.63) is 53.1 Å². The minimum Gasteiger partial charge on any atom is -0.493 e. The molecule has 0 bridgehead atoms. The molecule has 1 amide bonds. The molecule has 0 spiro atoms. The maximum absolute atomic E-state index is 13.3. The molecule has 1 atom stereocenters. The van der Waals surface area contributed by atoms with Crippen molar-refractivity contribution in [3.63, 3.8) is 0 Å². The third-order valence-corrected chi connectivity index (χ3v) is 5.21. The molecule has 1 unspecified atom stereocenters. The van der Waals surface area contributed by atoms with Gasteiger partial charge in [0, 0.05) is 12.2 Å². The van der Waals surface area contributed by atoms with Gasteiger partial charge >= 0.3 is 0 Å². The Morgan fingerprint density at radius 2 is 1.77 bits per heavy atom. The first-order valence-electron chi connectivity index (χ1n) is 9.08. The predicted molar refractivity (Wildman–Crippen MR) is 104 cm³/mol. The standard InChI is InChI=1S/C22H27NO3/c1-6-11-23-18-9-7-15(2)12-17(18)22(3,21(23)24)14-16-8-10-19(25-4)20(13-16)26-5/h7-10,12-13H,6,11,14H2,1-5H3. The maximum atomic E-state index is 13.3. The lowest BCUT2D eigenvalue weighted by Crippen LogP contribution is -2.40. The van der Waals surface area contributed by atoms with Crippen molar-refractivity contribution in [2.75, 3.05) is 25.7 Å². The molecule has 3 rings (SSSR count). The normalized spacial score (nSPS) is 18.8. The highest BCUT2D eigenvalue weighted by Crippen LogP contribution is 2.45. The van der Waals surface area contributed by atoms with E-state index in [9.17, 15) is 4.79 Å². The van der Waals surface area contributed by atoms with Crippen LogP contribution in [0, 0.1) is 6.92 Å². The Balaban J connectivity index is 2.04. The summed E-state index contributed by atoms with van der Waals surface area (Å²) < 4.78 is 10.8. The Bertz CT molecular complexity index is 830. The molecule has 26 heavy (non-hydrogen) atoms. The molecule has 2 aromatic rings. The van der Waals surface area contributed by atoms with Gasteiger partial charge < -0.3 is 14.4 Å². The number of aryl methyl sites for hydroxylation is 1. The Hall–Kier alpha value is -2.49. The third-order valence-electron chi connectivity index (χ3n) is 5.21. The van der Waals surface area contributed by atoms with Gasteiger partial charge in [0.15, 0.2) is 11.5 Å². The van der Waals surface area contributed by atoms with E-state index in [1.165, 1.54) is 5.56 Å². The van der Waals surface area contributed by atoms with Crippen molar-refractivity contribution in [2.45, 2.75) is 39.0 Å². The third kappa shape index (κ3) is 2.94. The molecular formula is C22H27NO3. The number of methoxy groups -OCH3 is 2. The van der Waals surface area contributed by atoms with Gasteiger partial charge in [-0.1, -0.05) is 30.7 Å². The average molecular weight is 353 g/mol. The Labute approximate surface area is 155 Å². The van der Waals surface area contributed by atoms with Crippen LogP contribution in [0.3, 0.4) is 0 Å². The molecule has 4 nitrogen and oxygen atoms in total. The van der Waals surface area contributed by atoms with Crippen LogP contribution in [0.15, 0.2) is 36.4 Å². The minimum atomic E-state index is -0.573. The fourth-order valence-corrected chi connectivity index (χ4v) is 3.86. The van der Waals surface area contributed by atoms with E-state index in [4.69, 9.17) is 9.47 Å². The first-order chi connectivity index (χ1) is 12.4. The lowest BCUT2D eigenvalue weighted by molar-refractivity contribution is -0.122. The van der Waals surface area contributed by atoms with Gasteiger partial charge in [-0.2, -0.15) is 0 Å². The van der Waals surface area contributed by atoms with E-state index in [0.717, 1.165) is 29.8 Å². The SMILES string of the molecule is CCCN1C(=O)C(C)(Cc2ccc(OC)c(OC)c2)c2cc(C)ccc21. The fourth-order valence-electron chi connectivity index (χ4n) is 3.86. The van der Waals surface area contributed by atoms with E-state index in [2.05, 4.69) is 39.0 Å². The number of anilines is 1. The Kier molecular flexibility index (Phi) is 4.94. The number of hydrogen-bond donors (Lipinski definition) is 0. The van der Waals surface area contributed by atoms with Crippen molar-refractivity contribution in [2.24, 2.45) is 0 Å². The molecule has 2 aromatic carbocycles. The lowest BCUT2D eigenvalue weighted by Gasteiger charge is -2.25. The first kappa shape index (κ1) is 18.3. The number of amides is 1. The van der Waals surface area contributed by atoms with Gasteiger partial charge in [0.2, 0.25) is 5.91 Å². The number of fused-ring (bicyclic) bond motifs is 1. The van der Waals surface area contributed by atoms with Crippen molar-refractivity contribution in [1.82, 2.24) is 0 Å². The lowest BCUT2D eigenvalue weighted by atomic mass is 9.78. The number of hydrogen-bond acceptors (Lipinski definition) is 3. The van der Waals surface area contributed by atoms with E-state index in [0.29, 0.717) is 17.9 Å². The number of benzene rings is 2. The van der Waals surface area contributed by atoms with Crippen LogP contribution >= 0.6 is 0 Å². The van der Waals surface area contributed by atoms with Crippen molar-refractivity contribution < 1.29 is 14.3 Å². The van der Waals surface area contributed by atoms with Crippen LogP contribution in [0.25, 0.3) is 0 Å². The molecule has 1 aliphatic rings. The van der Waals surface area contributed by atoms with Crippen molar-refractivity contribution >= 4 is 11.6 Å². The number of carbonyl (C=O) groups is 1. The van der Waals surface area contributed by atoms with Gasteiger partial charge in [-0.15, -0.1) is 0 Å². The smallest absolute Gasteiger partial charge is 0.237 e. The molecule has 1 aliphatic heterocycles. The van der Waals surface area contributed by atoms with Gasteiger partial charge in [0.05, 0.1) is 19.6 Å². The number of rotatable bonds is 6. The Morgan fingerprint density at radius 1 is 1.04 bits per heavy atom. The van der Waals surface area contributed by atoms with Crippen LogP contribution in [0.4, 0.5) is 5.69 Å². The number of carbonyl (C=O) groups excluding carboxylic acids is 1. The second-order valence-electron chi connectivity index (χ2n) is 7.18. The molecule has 0 aliphatic carbocycles. The van der Waals surface area contributed by atoms with Crippen LogP contribution in [0.5, 0.6) is 11.5 Å². The highest BCUT2D eigenvalue weighted by molar-refractivity contribution is 6.08. The molecule has 1 heterocycles. The quantitative estimate of drug-likeness (QED) is 0.778. The summed E-state index contributed by atoms with van der Waals surface area (Å²) in [4.78, 5) is 15.3. The Morgan fingerprint density at radius 3 is 2.42 bits per heavy atom. The molecule has 0 N–H and O–H groups in total. The number of nitrogens with zero attached hydrogens (tertiary/aromatic N) is 1. The summed E-state index contributed by atoms with van der Waals surface area (Å²) in [5, 5.41) is 0. The van der Waals surface area contributed by atoms with E-state index in [1.54, 1.807) is 14.2 Å². The van der Waals surface area contributed by atoms with E-state index >= 15 is 0 Å². The monoisotopic (exact) mass is 353 g/mol. The highest BCUT2D eigenvalue weighted by Gasteiger charge is 2.47. The van der Waals surface area contributed by atoms with E-state index in [-0.39, 0.29) is 5.91 Å². The molecule has 0 saturated carbocycles. The zero-order valence-electron chi connectivity index (χ0n) is 16.3. The van der Waals surface area contributed by atoms with Crippen LogP contribution in [-0.4, -0.2) is 26.7 Å². The average Bonchev–Trinajstić information content (AvgIpc) is 2.83. The minimum absolute atomic E-state index is 0.176. The molecular weight excluding hydrogens is 326 g/mol. The fraction of sp³-hybridized carbons (Fsp3) is 0.409. The zero-order chi connectivity index (χ0) is 18.9. The summed E-state index contributed by atoms with van der Waals surface area (Å²) in [6.07, 6.45) is 1.56. The van der Waals surface area contributed by atoms with Crippen molar-refractivity contribution in [1.29, 1.82) is 0 Å². The van der Waals surface area contributed by atoms with Crippen LogP contribution in [0.2, 0.25) is 0 Å². The van der Waals surface area contributed by atoms with E-state index < -0.39 is 5.41 Å². The molecule has 0 radical (unpaired) electrons.